The van der Waals surface area contributed by atoms with Crippen LogP contribution in [0.2, 0.25) is 0 Å². The van der Waals surface area contributed by atoms with Crippen LogP contribution in [0.15, 0.2) is 202 Å². The summed E-state index contributed by atoms with van der Waals surface area (Å²) in [4.78, 5) is 38.2. The number of halogens is 4. The van der Waals surface area contributed by atoms with Crippen LogP contribution >= 0.6 is 0 Å². The Morgan fingerprint density at radius 2 is 0.774 bits per heavy atom. The van der Waals surface area contributed by atoms with Crippen molar-refractivity contribution < 1.29 is 113 Å². The van der Waals surface area contributed by atoms with Crippen molar-refractivity contribution in [1.29, 1.82) is 0 Å². The average Bonchev–Trinajstić information content (AvgIpc) is 1.63. The van der Waals surface area contributed by atoms with Gasteiger partial charge in [0.1, 0.15) is 157 Å². The molecule has 21 rings (SSSR count). The third kappa shape index (κ3) is 18.8. The van der Waals surface area contributed by atoms with Gasteiger partial charge in [0.2, 0.25) is 0 Å². The van der Waals surface area contributed by atoms with Crippen molar-refractivity contribution in [2.75, 3.05) is 13.6 Å². The van der Waals surface area contributed by atoms with Gasteiger partial charge in [-0.05, 0) is 209 Å². The molecule has 0 radical (unpaired) electrons. The van der Waals surface area contributed by atoms with Crippen LogP contribution in [0, 0.1) is 64.8 Å². The molecule has 720 valence electrons. The molecule has 6 aliphatic heterocycles. The highest BCUT2D eigenvalue weighted by Crippen LogP contribution is 2.45. The minimum absolute atomic E-state index is 0.0313. The standard InChI is InChI=1S/C22H25N3O4.C19H20F2N4O3.C19H19F2N3O4.2C19H21N3O4/c1-12-5-9-24-21-14(12)7-10-25(21)22-19(28)18(27)20(29-22)17(26)15-4-2-3-13-6-8-23-11-16(13)15;1-9-11-5-6-25(18(11)24-8-23-9)19-16(27)15(26)17(28-19)14(22-2)10-3-4-12(20)13(21)7-10;1-2-13-10-5-6-24(18(10)23-8-22-13)19-16(27)15(26)17(28-19)14(25)9-3-4-11(20)12(21)7-9;1-10-3-6-21-18-13(10)5-8-22(18)19-16(25)15(24)17(26-19)14(23)12-4-7-20-11(2)9-12;1-10-5-7-20-18-13(10)6-8-22(18)19-16(25)15(24)17(26-19)14(23)12-4-3-11(2)21-9-12/h2-5,7,9-10,17-20,22-23,26-28H,6,8,11H2,1H3;3-8,14-17,19,22,26-27H,1-2H3;3-8,14-17,19,25-27H,2H2,1H3;2*3-9,14-17,19,23-25H,1-2H3. The Morgan fingerprint density at radius 1 is 0.380 bits per heavy atom. The van der Waals surface area contributed by atoms with E-state index in [-0.39, 0.29) is 5.56 Å². The fourth-order valence-electron chi connectivity index (χ4n) is 18.8. The molecule has 35 nitrogen and oxygen atoms in total. The average molecular weight is 1890 g/mol. The third-order valence-corrected chi connectivity index (χ3v) is 26.4. The molecule has 5 fully saturated rings. The van der Waals surface area contributed by atoms with Crippen LogP contribution in [0.1, 0.15) is 147 Å². The molecule has 25 atom stereocenters. The van der Waals surface area contributed by atoms with Gasteiger partial charge in [-0.1, -0.05) is 43.3 Å². The number of hydrogen-bond donors (Lipinski definition) is 16. The lowest BCUT2D eigenvalue weighted by atomic mass is 9.90. The highest BCUT2D eigenvalue weighted by Gasteiger charge is 2.53. The molecule has 0 amide bonds. The SMILES string of the molecule is CCc1ncnc2c1ccn2C1OC(C(O)c2ccc(F)c(F)c2)C(O)C1O.CNC(c1ccc(F)c(F)c1)C1OC(n2ccc3c(C)ncnc32)C(O)C1O.Cc1cc(C(O)C2OC(n3ccc4c(C)ccnc43)C(O)C2O)ccn1.Cc1ccc(C(O)C2OC(n3ccc4c(C)ccnc43)C(O)C2O)cn1.Cc1ccnc2c1ccn2C1OC(C(O)c2cccc3c2CNCC3)C(O)C1O. The summed E-state index contributed by atoms with van der Waals surface area (Å²) < 4.78 is 91.4. The number of benzene rings is 3. The fourth-order valence-corrected chi connectivity index (χ4v) is 18.8. The van der Waals surface area contributed by atoms with Crippen LogP contribution in [0.25, 0.3) is 55.2 Å². The molecule has 18 heterocycles. The van der Waals surface area contributed by atoms with Crippen molar-refractivity contribution in [3.63, 3.8) is 0 Å². The van der Waals surface area contributed by atoms with Crippen molar-refractivity contribution in [1.82, 2.24) is 78.3 Å². The molecule has 0 bridgehead atoms. The van der Waals surface area contributed by atoms with Crippen molar-refractivity contribution in [3.8, 4) is 0 Å². The summed E-state index contributed by atoms with van der Waals surface area (Å²) in [5, 5.41) is 159. The van der Waals surface area contributed by atoms with E-state index in [0.717, 1.165) is 115 Å². The second-order valence-electron chi connectivity index (χ2n) is 34.9. The summed E-state index contributed by atoms with van der Waals surface area (Å²) >= 11 is 0. The number of pyridine rings is 5. The van der Waals surface area contributed by atoms with Gasteiger partial charge < -0.3 is 129 Å². The Labute approximate surface area is 780 Å². The van der Waals surface area contributed by atoms with Crippen molar-refractivity contribution in [2.45, 2.75) is 221 Å². The molecular weight excluding hydrogens is 1780 g/mol. The molecule has 137 heavy (non-hydrogen) atoms. The highest BCUT2D eigenvalue weighted by molar-refractivity contribution is 5.82. The largest absolute Gasteiger partial charge is 0.387 e. The molecule has 39 heteroatoms. The summed E-state index contributed by atoms with van der Waals surface area (Å²) in [6.07, 6.45) is -5.28. The number of aryl methyl sites for hydroxylation is 7. The Hall–Kier alpha value is -11.9. The number of aromatic nitrogens is 14. The first-order valence-electron chi connectivity index (χ1n) is 44.7. The second-order valence-corrected chi connectivity index (χ2v) is 34.9. The topological polar surface area (TPSA) is 494 Å². The van der Waals surface area contributed by atoms with Gasteiger partial charge in [0.15, 0.2) is 54.4 Å². The smallest absolute Gasteiger partial charge is 0.164 e. The van der Waals surface area contributed by atoms with Crippen molar-refractivity contribution in [3.05, 3.63) is 304 Å². The molecular formula is C98H106F4N16O19. The maximum atomic E-state index is 13.7. The molecule has 0 aliphatic carbocycles. The van der Waals surface area contributed by atoms with Crippen LogP contribution in [0.3, 0.4) is 0 Å². The predicted octanol–water partition coefficient (Wildman–Crippen LogP) is 7.37. The lowest BCUT2D eigenvalue weighted by Gasteiger charge is -2.27. The molecule has 12 aromatic heterocycles. The Kier molecular flexibility index (Phi) is 28.7. The van der Waals surface area contributed by atoms with Gasteiger partial charge in [-0.15, -0.1) is 0 Å². The maximum Gasteiger partial charge on any atom is 0.164 e. The minimum atomic E-state index is -1.47. The van der Waals surface area contributed by atoms with E-state index in [1.165, 1.54) is 30.4 Å². The zero-order valence-corrected chi connectivity index (χ0v) is 75.4. The molecule has 0 spiro atoms. The first-order chi connectivity index (χ1) is 65.8. The number of likely N-dealkylation sites (N-methyl/N-ethyl adjacent to an activating group) is 1. The molecule has 25 unspecified atom stereocenters. The molecule has 15 aromatic rings. The van der Waals surface area contributed by atoms with Crippen LogP contribution in [-0.2, 0) is 43.1 Å². The molecule has 0 saturated carbocycles. The van der Waals surface area contributed by atoms with E-state index in [9.17, 15) is 89.1 Å². The van der Waals surface area contributed by atoms with Crippen molar-refractivity contribution >= 4 is 55.2 Å². The van der Waals surface area contributed by atoms with Crippen LogP contribution in [-0.4, -0.2) is 244 Å². The Morgan fingerprint density at radius 3 is 1.23 bits per heavy atom. The zero-order valence-electron chi connectivity index (χ0n) is 75.4. The summed E-state index contributed by atoms with van der Waals surface area (Å²) in [6.45, 7) is 15.0. The van der Waals surface area contributed by atoms with Gasteiger partial charge in [-0.25, -0.2) is 52.4 Å². The van der Waals surface area contributed by atoms with Gasteiger partial charge in [0, 0.05) is 112 Å². The van der Waals surface area contributed by atoms with E-state index >= 15 is 0 Å². The van der Waals surface area contributed by atoms with Gasteiger partial charge in [-0.2, -0.15) is 0 Å². The fraction of sp³-hybridized carbons (Fsp3) is 0.378. The van der Waals surface area contributed by atoms with Gasteiger partial charge in [-0.3, -0.25) is 9.97 Å². The van der Waals surface area contributed by atoms with Gasteiger partial charge in [0.25, 0.3) is 0 Å². The summed E-state index contributed by atoms with van der Waals surface area (Å²) in [5.74, 6) is -4.13. The number of ether oxygens (including phenoxy) is 5. The normalized spacial score (nSPS) is 26.8. The summed E-state index contributed by atoms with van der Waals surface area (Å²) in [7, 11) is 1.61. The second kappa shape index (κ2) is 40.7. The van der Waals surface area contributed by atoms with E-state index in [4.69, 9.17) is 23.7 Å². The lowest BCUT2D eigenvalue weighted by molar-refractivity contribution is -0.0851. The first kappa shape index (κ1) is 96.8. The number of nitrogens with one attached hydrogen (secondary N) is 2. The van der Waals surface area contributed by atoms with E-state index in [2.05, 4.69) is 61.6 Å². The third-order valence-electron chi connectivity index (χ3n) is 26.4. The van der Waals surface area contributed by atoms with E-state index < -0.39 is 176 Å². The van der Waals surface area contributed by atoms with Gasteiger partial charge >= 0.3 is 0 Å². The van der Waals surface area contributed by atoms with E-state index in [1.54, 1.807) is 122 Å². The lowest BCUT2D eigenvalue weighted by Crippen LogP contribution is -2.39. The van der Waals surface area contributed by atoms with Crippen LogP contribution in [0.4, 0.5) is 17.6 Å². The zero-order chi connectivity index (χ0) is 97.0. The van der Waals surface area contributed by atoms with Gasteiger partial charge in [0.05, 0.1) is 17.4 Å². The number of aliphatic hydroxyl groups excluding tert-OH is 14. The number of hydrogen-bond acceptors (Lipinski definition) is 30. The molecule has 16 N–H and O–H groups in total. The van der Waals surface area contributed by atoms with E-state index in [1.807, 2.05) is 103 Å². The van der Waals surface area contributed by atoms with Crippen LogP contribution in [0.5, 0.6) is 0 Å². The monoisotopic (exact) mass is 1890 g/mol. The van der Waals surface area contributed by atoms with Crippen LogP contribution < -0.4 is 10.6 Å². The molecule has 5 saturated heterocycles. The Balaban J connectivity index is 0.000000119. The quantitative estimate of drug-likeness (QED) is 0.0395. The maximum absolute atomic E-state index is 13.7. The Bertz CT molecular complexity index is 6800. The number of fused-ring (bicyclic) bond motifs is 6. The number of aliphatic hydroxyl groups is 14. The highest BCUT2D eigenvalue weighted by atomic mass is 19.2. The molecule has 6 aliphatic rings. The van der Waals surface area contributed by atoms with E-state index in [0.29, 0.717) is 57.9 Å². The number of rotatable bonds is 17. The van der Waals surface area contributed by atoms with Crippen molar-refractivity contribution in [2.24, 2.45) is 0 Å². The number of nitrogens with zero attached hydrogens (tertiary/aromatic N) is 14. The minimum Gasteiger partial charge on any atom is -0.387 e. The summed E-state index contributed by atoms with van der Waals surface area (Å²) in [5.41, 5.74) is 14.0. The predicted molar refractivity (Wildman–Crippen MR) is 486 cm³/mol. The molecule has 3 aromatic carbocycles. The summed E-state index contributed by atoms with van der Waals surface area (Å²) in [6, 6.07) is 33.5. The first-order valence-corrected chi connectivity index (χ1v) is 44.7.